The van der Waals surface area contributed by atoms with E-state index in [1.807, 2.05) is 17.0 Å². The summed E-state index contributed by atoms with van der Waals surface area (Å²) in [7, 11) is 0. The number of piperidine rings is 1. The highest BCUT2D eigenvalue weighted by molar-refractivity contribution is 6.04. The number of fused-ring (bicyclic) bond motifs is 1. The van der Waals surface area contributed by atoms with Crippen molar-refractivity contribution in [3.63, 3.8) is 0 Å². The number of benzene rings is 1. The maximum atomic E-state index is 13.1. The molecule has 4 rings (SSSR count). The second-order valence-electron chi connectivity index (χ2n) is 9.32. The predicted octanol–water partition coefficient (Wildman–Crippen LogP) is 3.86. The van der Waals surface area contributed by atoms with Gasteiger partial charge in [-0.1, -0.05) is 26.8 Å². The number of H-pyrrole nitrogens is 1. The summed E-state index contributed by atoms with van der Waals surface area (Å²) in [4.78, 5) is 47.9. The minimum Gasteiger partial charge on any atom is -0.494 e. The molecular weight excluding hydrogens is 446 g/mol. The summed E-state index contributed by atoms with van der Waals surface area (Å²) < 4.78 is 5.63. The van der Waals surface area contributed by atoms with Gasteiger partial charge < -0.3 is 20.3 Å². The molecule has 1 aromatic carbocycles. The number of aromatic nitrogens is 2. The molecule has 2 aliphatic rings. The molecule has 9 nitrogen and oxygen atoms in total. The number of aromatic amines is 1. The minimum absolute atomic E-state index is 0.121. The number of hydrogen-bond acceptors (Lipinski definition) is 6. The van der Waals surface area contributed by atoms with Gasteiger partial charge in [0.1, 0.15) is 11.6 Å². The van der Waals surface area contributed by atoms with Crippen LogP contribution in [-0.2, 0) is 14.3 Å². The van der Waals surface area contributed by atoms with E-state index in [1.165, 1.54) is 0 Å². The number of anilines is 3. The zero-order chi connectivity index (χ0) is 24.9. The van der Waals surface area contributed by atoms with Gasteiger partial charge in [0.2, 0.25) is 17.8 Å². The SMILES string of the molecule is C=C(OCCCC)c1ccc(NC(=O)C2CC(=O)Nc3nc(N4CCC(C)CC4)[nH]c(=O)c32)cc1. The fourth-order valence-corrected chi connectivity index (χ4v) is 4.35. The third-order valence-electron chi connectivity index (χ3n) is 6.59. The van der Waals surface area contributed by atoms with Crippen LogP contribution in [-0.4, -0.2) is 41.5 Å². The number of carbonyl (C=O) groups excluding carboxylic acids is 2. The Bertz CT molecular complexity index is 1150. The van der Waals surface area contributed by atoms with Crippen LogP contribution in [0.15, 0.2) is 35.6 Å². The van der Waals surface area contributed by atoms with E-state index >= 15 is 0 Å². The molecule has 1 atom stereocenters. The molecule has 186 valence electrons. The molecule has 3 heterocycles. The third-order valence-corrected chi connectivity index (χ3v) is 6.59. The van der Waals surface area contributed by atoms with Crippen molar-refractivity contribution >= 4 is 35.0 Å². The number of hydrogen-bond donors (Lipinski definition) is 3. The summed E-state index contributed by atoms with van der Waals surface area (Å²) in [6, 6.07) is 7.11. The van der Waals surface area contributed by atoms with Crippen molar-refractivity contribution in [2.75, 3.05) is 35.2 Å². The molecule has 0 bridgehead atoms. The van der Waals surface area contributed by atoms with Crippen molar-refractivity contribution < 1.29 is 14.3 Å². The van der Waals surface area contributed by atoms with Crippen molar-refractivity contribution in [1.82, 2.24) is 9.97 Å². The smallest absolute Gasteiger partial charge is 0.258 e. The zero-order valence-electron chi connectivity index (χ0n) is 20.4. The first-order valence-electron chi connectivity index (χ1n) is 12.3. The number of amides is 2. The summed E-state index contributed by atoms with van der Waals surface area (Å²) in [5.41, 5.74) is 1.16. The largest absolute Gasteiger partial charge is 0.494 e. The first-order valence-corrected chi connectivity index (χ1v) is 12.3. The number of nitrogens with one attached hydrogen (secondary N) is 3. The maximum absolute atomic E-state index is 13.1. The van der Waals surface area contributed by atoms with Gasteiger partial charge in [-0.3, -0.25) is 19.4 Å². The van der Waals surface area contributed by atoms with Gasteiger partial charge in [0, 0.05) is 30.8 Å². The molecule has 1 unspecified atom stereocenters. The minimum atomic E-state index is -0.933. The van der Waals surface area contributed by atoms with Crippen LogP contribution in [0.3, 0.4) is 0 Å². The molecule has 1 fully saturated rings. The molecule has 0 aliphatic carbocycles. The highest BCUT2D eigenvalue weighted by Gasteiger charge is 2.35. The highest BCUT2D eigenvalue weighted by Crippen LogP contribution is 2.31. The first kappa shape index (κ1) is 24.5. The topological polar surface area (TPSA) is 116 Å². The highest BCUT2D eigenvalue weighted by atomic mass is 16.5. The van der Waals surface area contributed by atoms with Crippen molar-refractivity contribution in [3.05, 3.63) is 52.3 Å². The summed E-state index contributed by atoms with van der Waals surface area (Å²) in [6.45, 7) is 10.4. The Morgan fingerprint density at radius 2 is 1.94 bits per heavy atom. The van der Waals surface area contributed by atoms with Gasteiger partial charge in [-0.05, 0) is 49.4 Å². The standard InChI is InChI=1S/C26H33N5O4/c1-4-5-14-35-17(3)18-6-8-19(9-7-18)27-24(33)20-15-21(32)28-23-22(20)25(34)30-26(29-23)31-12-10-16(2)11-13-31/h6-9,16,20H,3-5,10-15H2,1-2H3,(H,27,33)(H2,28,29,30,32,34). The Morgan fingerprint density at radius 3 is 2.63 bits per heavy atom. The fraction of sp³-hybridized carbons (Fsp3) is 0.462. The van der Waals surface area contributed by atoms with Gasteiger partial charge in [-0.15, -0.1) is 0 Å². The zero-order valence-corrected chi connectivity index (χ0v) is 20.4. The Kier molecular flexibility index (Phi) is 7.53. The van der Waals surface area contributed by atoms with Gasteiger partial charge in [0.15, 0.2) is 0 Å². The van der Waals surface area contributed by atoms with Crippen LogP contribution < -0.4 is 21.1 Å². The molecule has 3 N–H and O–H groups in total. The van der Waals surface area contributed by atoms with Gasteiger partial charge in [-0.2, -0.15) is 4.98 Å². The summed E-state index contributed by atoms with van der Waals surface area (Å²) in [5.74, 6) is 0.0875. The summed E-state index contributed by atoms with van der Waals surface area (Å²) in [6.07, 6.45) is 3.89. The number of rotatable bonds is 8. The number of carbonyl (C=O) groups is 2. The second kappa shape index (κ2) is 10.8. The number of nitrogens with zero attached hydrogens (tertiary/aromatic N) is 2. The Labute approximate surface area is 205 Å². The lowest BCUT2D eigenvalue weighted by atomic mass is 9.92. The van der Waals surface area contributed by atoms with E-state index in [-0.39, 0.29) is 23.7 Å². The van der Waals surface area contributed by atoms with Crippen molar-refractivity contribution in [2.24, 2.45) is 5.92 Å². The average molecular weight is 480 g/mol. The van der Waals surface area contributed by atoms with Gasteiger partial charge in [-0.25, -0.2) is 0 Å². The first-order chi connectivity index (χ1) is 16.9. The molecule has 1 saturated heterocycles. The van der Waals surface area contributed by atoms with Crippen LogP contribution in [0.1, 0.15) is 63.0 Å². The van der Waals surface area contributed by atoms with Gasteiger partial charge in [0.25, 0.3) is 5.56 Å². The van der Waals surface area contributed by atoms with Gasteiger partial charge in [0.05, 0.1) is 18.1 Å². The molecule has 2 aliphatic heterocycles. The van der Waals surface area contributed by atoms with Crippen LogP contribution >= 0.6 is 0 Å². The lowest BCUT2D eigenvalue weighted by Gasteiger charge is -2.31. The normalized spacial score (nSPS) is 17.9. The molecule has 0 radical (unpaired) electrons. The fourth-order valence-electron chi connectivity index (χ4n) is 4.35. The van der Waals surface area contributed by atoms with Crippen LogP contribution in [0.2, 0.25) is 0 Å². The number of unbranched alkanes of at least 4 members (excludes halogenated alkanes) is 1. The third kappa shape index (κ3) is 5.72. The van der Waals surface area contributed by atoms with Crippen LogP contribution in [0.5, 0.6) is 0 Å². The Morgan fingerprint density at radius 1 is 1.23 bits per heavy atom. The lowest BCUT2D eigenvalue weighted by molar-refractivity contribution is -0.123. The molecule has 2 amide bonds. The Hall–Kier alpha value is -3.62. The van der Waals surface area contributed by atoms with E-state index in [4.69, 9.17) is 4.74 Å². The van der Waals surface area contributed by atoms with E-state index in [9.17, 15) is 14.4 Å². The van der Waals surface area contributed by atoms with Crippen molar-refractivity contribution in [1.29, 1.82) is 0 Å². The average Bonchev–Trinajstić information content (AvgIpc) is 2.84. The second-order valence-corrected chi connectivity index (χ2v) is 9.32. The van der Waals surface area contributed by atoms with E-state index in [1.54, 1.807) is 12.1 Å². The van der Waals surface area contributed by atoms with Crippen LogP contribution in [0, 0.1) is 5.92 Å². The molecule has 9 heteroatoms. The summed E-state index contributed by atoms with van der Waals surface area (Å²) in [5, 5.41) is 5.50. The van der Waals surface area contributed by atoms with E-state index in [2.05, 4.69) is 41.0 Å². The summed E-state index contributed by atoms with van der Waals surface area (Å²) >= 11 is 0. The molecule has 0 saturated carbocycles. The van der Waals surface area contributed by atoms with E-state index in [0.717, 1.165) is 44.3 Å². The molecule has 35 heavy (non-hydrogen) atoms. The van der Waals surface area contributed by atoms with E-state index in [0.29, 0.717) is 29.9 Å². The lowest BCUT2D eigenvalue weighted by Crippen LogP contribution is -2.39. The number of ether oxygens (including phenoxy) is 1. The molecule has 2 aromatic rings. The quantitative estimate of drug-likeness (QED) is 0.391. The monoisotopic (exact) mass is 479 g/mol. The van der Waals surface area contributed by atoms with Crippen LogP contribution in [0.25, 0.3) is 5.76 Å². The maximum Gasteiger partial charge on any atom is 0.258 e. The van der Waals surface area contributed by atoms with Crippen LogP contribution in [0.4, 0.5) is 17.5 Å². The molecule has 0 spiro atoms. The van der Waals surface area contributed by atoms with Gasteiger partial charge >= 0.3 is 0 Å². The molecule has 1 aromatic heterocycles. The Balaban J connectivity index is 1.49. The van der Waals surface area contributed by atoms with E-state index < -0.39 is 17.4 Å². The molecular formula is C26H33N5O4. The predicted molar refractivity (Wildman–Crippen MR) is 136 cm³/mol. The van der Waals surface area contributed by atoms with Crippen molar-refractivity contribution in [3.8, 4) is 0 Å². The van der Waals surface area contributed by atoms with Crippen molar-refractivity contribution in [2.45, 2.75) is 51.9 Å².